The standard InChI is InChI=1S/C29H32FNO6/c1-19(15-25(32)27-28(33)26(35-3)13-14-31-27)29(34)37-20(2)23(16-21-9-11-24(30)12-10-21)18-36-17-22-7-5-4-6-8-22/h4-14,19-20,23,33H,15-18H2,1-3H3/t19-,20+,23-/m1/s1. The van der Waals surface area contributed by atoms with E-state index in [0.717, 1.165) is 11.1 Å². The van der Waals surface area contributed by atoms with Crippen LogP contribution >= 0.6 is 0 Å². The fourth-order valence-electron chi connectivity index (χ4n) is 3.84. The van der Waals surface area contributed by atoms with Gasteiger partial charge in [-0.3, -0.25) is 9.59 Å². The van der Waals surface area contributed by atoms with Gasteiger partial charge in [-0.2, -0.15) is 0 Å². The lowest BCUT2D eigenvalue weighted by molar-refractivity contribution is -0.156. The number of rotatable bonds is 13. The maximum absolute atomic E-state index is 13.4. The third-order valence-corrected chi connectivity index (χ3v) is 6.09. The zero-order valence-electron chi connectivity index (χ0n) is 21.2. The predicted molar refractivity (Wildman–Crippen MR) is 136 cm³/mol. The van der Waals surface area contributed by atoms with Gasteiger partial charge in [-0.05, 0) is 36.6 Å². The Morgan fingerprint density at radius 1 is 1.00 bits per heavy atom. The molecule has 0 saturated carbocycles. The van der Waals surface area contributed by atoms with Crippen LogP contribution in [0.15, 0.2) is 66.9 Å². The Morgan fingerprint density at radius 2 is 1.70 bits per heavy atom. The van der Waals surface area contributed by atoms with Gasteiger partial charge in [0.25, 0.3) is 0 Å². The van der Waals surface area contributed by atoms with Gasteiger partial charge in [-0.15, -0.1) is 0 Å². The zero-order valence-corrected chi connectivity index (χ0v) is 21.2. The third-order valence-electron chi connectivity index (χ3n) is 6.09. The molecule has 0 aliphatic carbocycles. The summed E-state index contributed by atoms with van der Waals surface area (Å²) in [5, 5.41) is 10.2. The lowest BCUT2D eigenvalue weighted by Gasteiger charge is -2.25. The number of aromatic nitrogens is 1. The molecule has 3 aromatic rings. The van der Waals surface area contributed by atoms with Crippen molar-refractivity contribution in [3.8, 4) is 11.5 Å². The molecule has 0 radical (unpaired) electrons. The number of halogens is 1. The highest BCUT2D eigenvalue weighted by molar-refractivity contribution is 5.99. The van der Waals surface area contributed by atoms with Crippen molar-refractivity contribution in [3.05, 3.63) is 89.5 Å². The highest BCUT2D eigenvalue weighted by Crippen LogP contribution is 2.29. The van der Waals surface area contributed by atoms with Gasteiger partial charge in [-0.25, -0.2) is 9.37 Å². The number of ketones is 1. The molecule has 0 saturated heterocycles. The Kier molecular flexibility index (Phi) is 10.1. The minimum absolute atomic E-state index is 0.126. The van der Waals surface area contributed by atoms with Crippen molar-refractivity contribution in [2.75, 3.05) is 13.7 Å². The Bertz CT molecular complexity index is 1170. The molecule has 0 fully saturated rings. The van der Waals surface area contributed by atoms with Crippen LogP contribution in [0.5, 0.6) is 11.5 Å². The number of methoxy groups -OCH3 is 1. The Balaban J connectivity index is 1.63. The van der Waals surface area contributed by atoms with Crippen LogP contribution in [0.4, 0.5) is 4.39 Å². The predicted octanol–water partition coefficient (Wildman–Crippen LogP) is 5.15. The monoisotopic (exact) mass is 509 g/mol. The van der Waals surface area contributed by atoms with Crippen molar-refractivity contribution < 1.29 is 33.3 Å². The minimum Gasteiger partial charge on any atom is -0.503 e. The van der Waals surface area contributed by atoms with E-state index < -0.39 is 23.8 Å². The number of hydrogen-bond acceptors (Lipinski definition) is 7. The number of esters is 1. The van der Waals surface area contributed by atoms with Crippen molar-refractivity contribution in [1.29, 1.82) is 0 Å². The fraction of sp³-hybridized carbons (Fsp3) is 0.345. The summed E-state index contributed by atoms with van der Waals surface area (Å²) >= 11 is 0. The van der Waals surface area contributed by atoms with Crippen LogP contribution in [0.25, 0.3) is 0 Å². The highest BCUT2D eigenvalue weighted by Gasteiger charge is 2.27. The number of hydrogen-bond donors (Lipinski definition) is 1. The molecule has 1 heterocycles. The molecule has 196 valence electrons. The van der Waals surface area contributed by atoms with E-state index in [2.05, 4.69) is 4.98 Å². The van der Waals surface area contributed by atoms with Crippen LogP contribution in [0.2, 0.25) is 0 Å². The fourth-order valence-corrected chi connectivity index (χ4v) is 3.84. The lowest BCUT2D eigenvalue weighted by Crippen LogP contribution is -2.32. The number of benzene rings is 2. The smallest absolute Gasteiger partial charge is 0.309 e. The first kappa shape index (κ1) is 27.8. The molecule has 8 heteroatoms. The molecule has 0 unspecified atom stereocenters. The minimum atomic E-state index is -0.765. The Labute approximate surface area is 216 Å². The second-order valence-corrected chi connectivity index (χ2v) is 8.97. The van der Waals surface area contributed by atoms with Crippen LogP contribution in [0.1, 0.15) is 41.9 Å². The maximum Gasteiger partial charge on any atom is 0.309 e. The molecule has 1 aromatic heterocycles. The summed E-state index contributed by atoms with van der Waals surface area (Å²) in [5.74, 6) is -2.57. The van der Waals surface area contributed by atoms with Gasteiger partial charge < -0.3 is 19.3 Å². The van der Waals surface area contributed by atoms with Crippen LogP contribution in [0.3, 0.4) is 0 Å². The van der Waals surface area contributed by atoms with E-state index in [1.54, 1.807) is 26.0 Å². The lowest BCUT2D eigenvalue weighted by atomic mass is 9.95. The summed E-state index contributed by atoms with van der Waals surface area (Å²) in [6.07, 6.45) is 1.14. The van der Waals surface area contributed by atoms with Gasteiger partial charge in [0.1, 0.15) is 11.9 Å². The van der Waals surface area contributed by atoms with E-state index in [9.17, 15) is 19.1 Å². The Hall–Kier alpha value is -3.78. The summed E-state index contributed by atoms with van der Waals surface area (Å²) in [6.45, 7) is 4.09. The second kappa shape index (κ2) is 13.5. The zero-order chi connectivity index (χ0) is 26.8. The highest BCUT2D eigenvalue weighted by atomic mass is 19.1. The molecule has 0 spiro atoms. The number of pyridine rings is 1. The van der Waals surface area contributed by atoms with Gasteiger partial charge in [0.05, 0.1) is 26.2 Å². The number of carbonyl (C=O) groups is 2. The van der Waals surface area contributed by atoms with Crippen molar-refractivity contribution in [2.24, 2.45) is 11.8 Å². The number of carbonyl (C=O) groups excluding carboxylic acids is 2. The largest absolute Gasteiger partial charge is 0.503 e. The summed E-state index contributed by atoms with van der Waals surface area (Å²) in [7, 11) is 1.37. The Morgan fingerprint density at radius 3 is 2.38 bits per heavy atom. The van der Waals surface area contributed by atoms with E-state index in [4.69, 9.17) is 14.2 Å². The molecule has 1 N–H and O–H groups in total. The van der Waals surface area contributed by atoms with Crippen LogP contribution in [-0.2, 0) is 27.3 Å². The first-order valence-corrected chi connectivity index (χ1v) is 12.1. The van der Waals surface area contributed by atoms with E-state index in [-0.39, 0.29) is 35.3 Å². The summed E-state index contributed by atoms with van der Waals surface area (Å²) in [4.78, 5) is 29.5. The molecule has 0 bridgehead atoms. The molecule has 0 aliphatic heterocycles. The topological polar surface area (TPSA) is 95.0 Å². The number of nitrogens with zero attached hydrogens (tertiary/aromatic N) is 1. The third kappa shape index (κ3) is 8.11. The van der Waals surface area contributed by atoms with Crippen molar-refractivity contribution in [3.63, 3.8) is 0 Å². The molecule has 0 amide bonds. The molecule has 3 atom stereocenters. The molecule has 37 heavy (non-hydrogen) atoms. The molecular weight excluding hydrogens is 477 g/mol. The van der Waals surface area contributed by atoms with Gasteiger partial charge in [-0.1, -0.05) is 49.4 Å². The average molecular weight is 510 g/mol. The number of Topliss-reactive ketones (excluding diaryl/α,β-unsaturated/α-hetero) is 1. The van der Waals surface area contributed by atoms with E-state index in [1.165, 1.54) is 31.5 Å². The van der Waals surface area contributed by atoms with Gasteiger partial charge in [0, 0.05) is 24.6 Å². The van der Waals surface area contributed by atoms with E-state index >= 15 is 0 Å². The van der Waals surface area contributed by atoms with Crippen LogP contribution < -0.4 is 4.74 Å². The van der Waals surface area contributed by atoms with Gasteiger partial charge >= 0.3 is 5.97 Å². The normalized spacial score (nSPS) is 13.4. The van der Waals surface area contributed by atoms with Gasteiger partial charge in [0.15, 0.2) is 23.0 Å². The number of ether oxygens (including phenoxy) is 3. The SMILES string of the molecule is COc1ccnc(C(=O)C[C@@H](C)C(=O)O[C@@H](C)[C@@H](COCc2ccccc2)Cc2ccc(F)cc2)c1O. The molecule has 3 rings (SSSR count). The molecule has 7 nitrogen and oxygen atoms in total. The first-order valence-electron chi connectivity index (χ1n) is 12.1. The summed E-state index contributed by atoms with van der Waals surface area (Å²) < 4.78 is 30.1. The molecular formula is C29H32FNO6. The quantitative estimate of drug-likeness (QED) is 0.251. The van der Waals surface area contributed by atoms with Crippen LogP contribution in [0, 0.1) is 17.7 Å². The maximum atomic E-state index is 13.4. The molecule has 0 aliphatic rings. The average Bonchev–Trinajstić information content (AvgIpc) is 2.89. The molecule has 2 aromatic carbocycles. The first-order chi connectivity index (χ1) is 17.8. The van der Waals surface area contributed by atoms with E-state index in [0.29, 0.717) is 19.6 Å². The summed E-state index contributed by atoms with van der Waals surface area (Å²) in [6, 6.07) is 17.3. The van der Waals surface area contributed by atoms with E-state index in [1.807, 2.05) is 30.3 Å². The number of aromatic hydroxyl groups is 1. The summed E-state index contributed by atoms with van der Waals surface area (Å²) in [5.41, 5.74) is 1.75. The van der Waals surface area contributed by atoms with Gasteiger partial charge in [0.2, 0.25) is 0 Å². The van der Waals surface area contributed by atoms with Crippen LogP contribution in [-0.4, -0.2) is 41.7 Å². The van der Waals surface area contributed by atoms with Crippen molar-refractivity contribution in [2.45, 2.75) is 39.4 Å². The van der Waals surface area contributed by atoms with Crippen molar-refractivity contribution >= 4 is 11.8 Å². The van der Waals surface area contributed by atoms with Crippen molar-refractivity contribution in [1.82, 2.24) is 4.98 Å². The second-order valence-electron chi connectivity index (χ2n) is 8.97.